The first-order valence-electron chi connectivity index (χ1n) is 12.4. The van der Waals surface area contributed by atoms with Crippen LogP contribution in [0, 0.1) is 12.3 Å². The highest BCUT2D eigenvalue weighted by atomic mass is 127. The Kier molecular flexibility index (Phi) is 9.70. The largest absolute Gasteiger partial charge is 0.476 e. The third-order valence-corrected chi connectivity index (χ3v) is 8.05. The molecule has 208 valence electrons. The fourth-order valence-electron chi connectivity index (χ4n) is 4.29. The highest BCUT2D eigenvalue weighted by Crippen LogP contribution is 2.36. The van der Waals surface area contributed by atoms with E-state index < -0.39 is 0 Å². The highest BCUT2D eigenvalue weighted by molar-refractivity contribution is 14.2. The number of rotatable bonds is 6. The number of hydrogen-bond donors (Lipinski definition) is 3. The van der Waals surface area contributed by atoms with E-state index in [1.807, 2.05) is 56.8 Å². The lowest BCUT2D eigenvalue weighted by atomic mass is 10.1. The van der Waals surface area contributed by atoms with Crippen LogP contribution in [0.25, 0.3) is 28.2 Å². The molecule has 39 heavy (non-hydrogen) atoms. The van der Waals surface area contributed by atoms with Gasteiger partial charge in [0.25, 0.3) is 0 Å². The number of aliphatic hydroxyl groups is 1. The Labute approximate surface area is 241 Å². The van der Waals surface area contributed by atoms with E-state index in [1.54, 1.807) is 4.68 Å². The molecule has 0 spiro atoms. The fourth-order valence-corrected chi connectivity index (χ4v) is 5.80. The first kappa shape index (κ1) is 29.1. The zero-order valence-corrected chi connectivity index (χ0v) is 25.5. The normalized spacial score (nSPS) is 19.1. The molecule has 3 aromatic heterocycles. The standard InChI is InChI=1S/C25H33IN9O3P/c1-15(14-36)30-21-13-33(3)8-10-38-25-23(16(2)31-34(25)4)20-11-18-19(32-35(39-26)22(18)12-29-20)6-5-17(21)24(28)37-9-7-27/h5-7,11-12,15,27,36,39H,8-10,13-14,28H2,1-4H3/b6-5+,24-17+,27-7?,30-21?. The molecule has 3 aromatic rings. The van der Waals surface area contributed by atoms with Crippen LogP contribution in [0.15, 0.2) is 34.8 Å². The highest BCUT2D eigenvalue weighted by Gasteiger charge is 2.22. The molecule has 0 aliphatic carbocycles. The average Bonchev–Trinajstić information content (AvgIpc) is 3.41. The lowest BCUT2D eigenvalue weighted by Gasteiger charge is -2.21. The number of halogens is 1. The third kappa shape index (κ3) is 6.48. The van der Waals surface area contributed by atoms with E-state index in [2.05, 4.69) is 32.0 Å². The topological polar surface area (TPSA) is 153 Å². The summed E-state index contributed by atoms with van der Waals surface area (Å²) >= 11 is 2.30. The number of pyridine rings is 1. The van der Waals surface area contributed by atoms with Crippen LogP contribution in [-0.2, 0) is 11.8 Å². The van der Waals surface area contributed by atoms with Crippen LogP contribution in [0.2, 0.25) is 0 Å². The number of likely N-dealkylation sites (N-methyl/N-ethyl adjacent to an activating group) is 1. The van der Waals surface area contributed by atoms with Crippen molar-refractivity contribution in [2.75, 3.05) is 40.0 Å². The van der Waals surface area contributed by atoms with Gasteiger partial charge in [0.2, 0.25) is 5.88 Å². The van der Waals surface area contributed by atoms with Gasteiger partial charge in [0.05, 0.1) is 64.7 Å². The molecule has 0 radical (unpaired) electrons. The number of nitrogens with two attached hydrogens (primary N) is 1. The van der Waals surface area contributed by atoms with Gasteiger partial charge in [-0.25, -0.2) is 9.13 Å². The quantitative estimate of drug-likeness (QED) is 0.157. The summed E-state index contributed by atoms with van der Waals surface area (Å²) in [4.78, 5) is 11.6. The van der Waals surface area contributed by atoms with Gasteiger partial charge < -0.3 is 25.7 Å². The van der Waals surface area contributed by atoms with Gasteiger partial charge >= 0.3 is 0 Å². The Morgan fingerprint density at radius 2 is 2.18 bits per heavy atom. The Morgan fingerprint density at radius 3 is 2.90 bits per heavy atom. The van der Waals surface area contributed by atoms with Gasteiger partial charge in [0.1, 0.15) is 13.2 Å². The summed E-state index contributed by atoms with van der Waals surface area (Å²) in [5.41, 5.74) is 11.7. The predicted molar refractivity (Wildman–Crippen MR) is 164 cm³/mol. The lowest BCUT2D eigenvalue weighted by Crippen LogP contribution is -2.32. The molecule has 4 N–H and O–H groups in total. The van der Waals surface area contributed by atoms with Crippen molar-refractivity contribution in [1.29, 1.82) is 5.41 Å². The molecule has 1 aliphatic heterocycles. The van der Waals surface area contributed by atoms with Gasteiger partial charge in [-0.2, -0.15) is 10.2 Å². The van der Waals surface area contributed by atoms with Crippen molar-refractivity contribution in [3.8, 4) is 17.1 Å². The van der Waals surface area contributed by atoms with Gasteiger partial charge in [-0.3, -0.25) is 14.9 Å². The molecule has 2 unspecified atom stereocenters. The first-order chi connectivity index (χ1) is 18.8. The Morgan fingerprint density at radius 1 is 1.38 bits per heavy atom. The van der Waals surface area contributed by atoms with Crippen molar-refractivity contribution >= 4 is 57.3 Å². The molecule has 0 fully saturated rings. The minimum atomic E-state index is -0.348. The SMILES string of the molecule is Cc1nn(C)c2c1-c1cc3c(nn(PI)c3cn1)/C=C/C(=C(/N)OCC=N)C(=NC(C)CO)CN(C)CCO2. The zero-order valence-electron chi connectivity index (χ0n) is 22.3. The minimum Gasteiger partial charge on any atom is -0.476 e. The summed E-state index contributed by atoms with van der Waals surface area (Å²) in [6, 6.07) is 1.67. The van der Waals surface area contributed by atoms with Crippen molar-refractivity contribution in [3.63, 3.8) is 0 Å². The van der Waals surface area contributed by atoms with Crippen molar-refractivity contribution in [3.05, 3.63) is 41.2 Å². The molecule has 4 rings (SSSR count). The van der Waals surface area contributed by atoms with E-state index in [1.165, 1.54) is 0 Å². The monoisotopic (exact) mass is 665 g/mol. The van der Waals surface area contributed by atoms with Crippen LogP contribution in [0.4, 0.5) is 0 Å². The van der Waals surface area contributed by atoms with E-state index in [9.17, 15) is 5.11 Å². The molecule has 0 amide bonds. The number of nitrogens with zero attached hydrogens (tertiary/aromatic N) is 7. The van der Waals surface area contributed by atoms with Gasteiger partial charge in [0.15, 0.2) is 5.88 Å². The number of aliphatic imine (C=N–C) groups is 1. The Balaban J connectivity index is 1.95. The third-order valence-electron chi connectivity index (χ3n) is 6.18. The summed E-state index contributed by atoms with van der Waals surface area (Å²) < 4.78 is 15.5. The summed E-state index contributed by atoms with van der Waals surface area (Å²) in [5, 5.41) is 27.5. The fraction of sp³-hybridized carbons (Fsp3) is 0.400. The number of hydrogen-bond acceptors (Lipinski definition) is 10. The van der Waals surface area contributed by atoms with Gasteiger partial charge in [-0.1, -0.05) is 0 Å². The van der Waals surface area contributed by atoms with E-state index in [0.717, 1.165) is 39.8 Å². The van der Waals surface area contributed by atoms with Crippen molar-refractivity contribution in [2.24, 2.45) is 17.8 Å². The molecule has 2 atom stereocenters. The minimum absolute atomic E-state index is 0.0316. The molecule has 0 aromatic carbocycles. The van der Waals surface area contributed by atoms with Crippen LogP contribution >= 0.6 is 28.4 Å². The van der Waals surface area contributed by atoms with E-state index in [-0.39, 0.29) is 25.1 Å². The lowest BCUT2D eigenvalue weighted by molar-refractivity contribution is 0.237. The number of aryl methyl sites for hydroxylation is 2. The predicted octanol–water partition coefficient (Wildman–Crippen LogP) is 2.93. The van der Waals surface area contributed by atoms with Crippen LogP contribution in [-0.4, -0.2) is 92.2 Å². The molecular weight excluding hydrogens is 632 g/mol. The maximum absolute atomic E-state index is 9.74. The number of nitrogens with one attached hydrogen (secondary N) is 1. The second-order valence-corrected chi connectivity index (χ2v) is 11.2. The van der Waals surface area contributed by atoms with Crippen molar-refractivity contribution in [2.45, 2.75) is 19.9 Å². The Bertz CT molecular complexity index is 1450. The molecule has 1 aliphatic rings. The smallest absolute Gasteiger partial charge is 0.221 e. The molecule has 0 saturated heterocycles. The van der Waals surface area contributed by atoms with E-state index >= 15 is 0 Å². The number of ether oxygens (including phenoxy) is 2. The van der Waals surface area contributed by atoms with Gasteiger partial charge in [-0.05, 0) is 61.2 Å². The summed E-state index contributed by atoms with van der Waals surface area (Å²) in [5.74, 6) is 0.791. The molecule has 2 bridgehead atoms. The summed E-state index contributed by atoms with van der Waals surface area (Å²) in [7, 11) is 3.82. The number of aromatic nitrogens is 5. The van der Waals surface area contributed by atoms with Gasteiger partial charge in [0, 0.05) is 31.7 Å². The van der Waals surface area contributed by atoms with Crippen LogP contribution < -0.4 is 10.5 Å². The van der Waals surface area contributed by atoms with Crippen LogP contribution in [0.1, 0.15) is 18.3 Å². The number of aliphatic hydroxyl groups excluding tert-OH is 1. The molecule has 4 heterocycles. The first-order valence-corrected chi connectivity index (χ1v) is 16.4. The number of allylic oxidation sites excluding steroid dienone is 1. The van der Waals surface area contributed by atoms with Crippen LogP contribution in [0.3, 0.4) is 0 Å². The second-order valence-electron chi connectivity index (χ2n) is 9.18. The van der Waals surface area contributed by atoms with E-state index in [4.69, 9.17) is 35.7 Å². The molecule has 0 saturated carbocycles. The summed E-state index contributed by atoms with van der Waals surface area (Å²) in [6.45, 7) is 5.12. The zero-order chi connectivity index (χ0) is 28.1. The maximum Gasteiger partial charge on any atom is 0.221 e. The summed E-state index contributed by atoms with van der Waals surface area (Å²) in [6.07, 6.45) is 7.08. The average molecular weight is 665 g/mol. The second kappa shape index (κ2) is 13.0. The van der Waals surface area contributed by atoms with Gasteiger partial charge in [-0.15, -0.1) is 0 Å². The molecular formula is C25H33IN9O3P. The Hall–Kier alpha value is -2.87. The van der Waals surface area contributed by atoms with Crippen molar-refractivity contribution < 1.29 is 14.6 Å². The van der Waals surface area contributed by atoms with E-state index in [0.29, 0.717) is 43.2 Å². The maximum atomic E-state index is 9.74. The van der Waals surface area contributed by atoms with Crippen LogP contribution in [0.5, 0.6) is 5.88 Å². The molecule has 14 heteroatoms. The molecule has 12 nitrogen and oxygen atoms in total. The number of fused-ring (bicyclic) bond motifs is 3. The van der Waals surface area contributed by atoms with Crippen molar-refractivity contribution in [1.82, 2.24) is 29.2 Å².